The summed E-state index contributed by atoms with van der Waals surface area (Å²) >= 11 is 12.2. The number of aromatic nitrogens is 2. The van der Waals surface area contributed by atoms with Crippen molar-refractivity contribution in [2.24, 2.45) is 5.92 Å². The van der Waals surface area contributed by atoms with Gasteiger partial charge in [0, 0.05) is 42.4 Å². The average Bonchev–Trinajstić information content (AvgIpc) is 3.80. The number of benzene rings is 2. The topological polar surface area (TPSA) is 117 Å². The van der Waals surface area contributed by atoms with Crippen LogP contribution in [0.2, 0.25) is 10.0 Å². The van der Waals surface area contributed by atoms with Crippen molar-refractivity contribution in [1.29, 1.82) is 0 Å². The third kappa shape index (κ3) is 5.59. The van der Waals surface area contributed by atoms with Crippen LogP contribution in [0.1, 0.15) is 58.2 Å². The molecule has 2 atom stereocenters. The number of nitrogens with one attached hydrogen (secondary N) is 2. The molecule has 3 aromatic rings. The fraction of sp³-hybridized carbons (Fsp3) is 0.379. The molecule has 1 aliphatic carbocycles. The average molecular weight is 585 g/mol. The normalized spacial score (nSPS) is 17.2. The molecular formula is C29H31Cl2N5O4. The first-order chi connectivity index (χ1) is 19.2. The highest BCUT2D eigenvalue weighted by molar-refractivity contribution is 6.42. The molecule has 1 fully saturated rings. The lowest BCUT2D eigenvalue weighted by atomic mass is 9.98. The molecule has 2 aromatic carbocycles. The van der Waals surface area contributed by atoms with Gasteiger partial charge < -0.3 is 20.6 Å². The van der Waals surface area contributed by atoms with E-state index < -0.39 is 0 Å². The molecule has 9 nitrogen and oxygen atoms in total. The molecule has 0 bridgehead atoms. The fourth-order valence-corrected chi connectivity index (χ4v) is 5.50. The van der Waals surface area contributed by atoms with Crippen LogP contribution in [-0.4, -0.2) is 57.1 Å². The Hall–Kier alpha value is -3.40. The Labute approximate surface area is 242 Å². The number of anilines is 1. The largest absolute Gasteiger partial charge is 0.396 e. The van der Waals surface area contributed by atoms with Crippen LogP contribution >= 0.6 is 23.2 Å². The van der Waals surface area contributed by atoms with Gasteiger partial charge >= 0.3 is 0 Å². The standard InChI is InChI=1S/C29H31Cl2N5O4/c1-16-13-21-25(15-35(16)27(39)19-7-10-22(30)23(31)14-19)34-29(33-24(11-12-37)17-3-4-17)36(28(21)40)20-8-5-18(6-9-20)26(38)32-2/h5-10,14,16-17,24,37H,3-4,11-13,15H2,1-2H3,(H,32,38)(H,33,34)/t16-,24+/m1/s1. The minimum atomic E-state index is -0.263. The van der Waals surface area contributed by atoms with Gasteiger partial charge in [0.2, 0.25) is 5.95 Å². The second-order valence-corrected chi connectivity index (χ2v) is 11.2. The van der Waals surface area contributed by atoms with E-state index in [4.69, 9.17) is 28.2 Å². The third-order valence-corrected chi connectivity index (χ3v) is 8.34. The highest BCUT2D eigenvalue weighted by Crippen LogP contribution is 2.36. The summed E-state index contributed by atoms with van der Waals surface area (Å²) in [6.45, 7) is 2.06. The van der Waals surface area contributed by atoms with E-state index >= 15 is 0 Å². The van der Waals surface area contributed by atoms with Crippen molar-refractivity contribution in [1.82, 2.24) is 19.8 Å². The lowest BCUT2D eigenvalue weighted by molar-refractivity contribution is 0.0653. The van der Waals surface area contributed by atoms with Gasteiger partial charge in [-0.15, -0.1) is 0 Å². The first-order valence-corrected chi connectivity index (χ1v) is 14.1. The summed E-state index contributed by atoms with van der Waals surface area (Å²) in [5, 5.41) is 16.4. The van der Waals surface area contributed by atoms with Crippen molar-refractivity contribution in [3.63, 3.8) is 0 Å². The smallest absolute Gasteiger partial charge is 0.263 e. The number of carbonyl (C=O) groups is 2. The molecule has 1 aromatic heterocycles. The van der Waals surface area contributed by atoms with Crippen molar-refractivity contribution in [3.05, 3.63) is 85.2 Å². The SMILES string of the molecule is CNC(=O)c1ccc(-n2c(N[C@@H](CCO)C3CC3)nc3c(c2=O)C[C@@H](C)N(C(=O)c2ccc(Cl)c(Cl)c2)C3)cc1. The van der Waals surface area contributed by atoms with E-state index in [-0.39, 0.29) is 42.6 Å². The number of aliphatic hydroxyl groups is 1. The lowest BCUT2D eigenvalue weighted by Crippen LogP contribution is -2.46. The molecule has 3 N–H and O–H groups in total. The Kier molecular flexibility index (Phi) is 8.16. The van der Waals surface area contributed by atoms with Crippen LogP contribution in [0, 0.1) is 5.92 Å². The van der Waals surface area contributed by atoms with Crippen LogP contribution in [0.5, 0.6) is 0 Å². The van der Waals surface area contributed by atoms with E-state index in [9.17, 15) is 19.5 Å². The van der Waals surface area contributed by atoms with E-state index in [0.717, 1.165) is 12.8 Å². The zero-order chi connectivity index (χ0) is 28.6. The summed E-state index contributed by atoms with van der Waals surface area (Å²) in [6, 6.07) is 11.2. The van der Waals surface area contributed by atoms with Crippen LogP contribution in [0.4, 0.5) is 5.95 Å². The minimum Gasteiger partial charge on any atom is -0.396 e. The van der Waals surface area contributed by atoms with E-state index in [0.29, 0.717) is 62.8 Å². The second kappa shape index (κ2) is 11.6. The monoisotopic (exact) mass is 583 g/mol. The number of halogens is 2. The number of aliphatic hydroxyl groups excluding tert-OH is 1. The van der Waals surface area contributed by atoms with Crippen LogP contribution in [0.25, 0.3) is 5.69 Å². The van der Waals surface area contributed by atoms with Crippen molar-refractivity contribution in [2.75, 3.05) is 19.0 Å². The van der Waals surface area contributed by atoms with Gasteiger partial charge in [-0.2, -0.15) is 0 Å². The minimum absolute atomic E-state index is 0.00755. The summed E-state index contributed by atoms with van der Waals surface area (Å²) in [5.41, 5.74) is 2.28. The molecular weight excluding hydrogens is 553 g/mol. The quantitative estimate of drug-likeness (QED) is 0.368. The van der Waals surface area contributed by atoms with E-state index in [2.05, 4.69) is 10.6 Å². The van der Waals surface area contributed by atoms with Gasteiger partial charge in [-0.25, -0.2) is 9.55 Å². The number of fused-ring (bicyclic) bond motifs is 1. The predicted octanol–water partition coefficient (Wildman–Crippen LogP) is 4.06. The molecule has 2 amide bonds. The summed E-state index contributed by atoms with van der Waals surface area (Å²) in [4.78, 5) is 46.1. The molecule has 1 saturated carbocycles. The molecule has 40 heavy (non-hydrogen) atoms. The van der Waals surface area contributed by atoms with Crippen LogP contribution in [-0.2, 0) is 13.0 Å². The first-order valence-electron chi connectivity index (χ1n) is 13.3. The van der Waals surface area contributed by atoms with Crippen molar-refractivity contribution in [3.8, 4) is 5.69 Å². The molecule has 11 heteroatoms. The molecule has 1 aliphatic heterocycles. The Morgan fingerprint density at radius 2 is 1.80 bits per heavy atom. The number of hydrogen-bond acceptors (Lipinski definition) is 6. The summed E-state index contributed by atoms with van der Waals surface area (Å²) < 4.78 is 1.53. The molecule has 2 aliphatic rings. The molecule has 5 rings (SSSR count). The molecule has 0 spiro atoms. The second-order valence-electron chi connectivity index (χ2n) is 10.3. The molecule has 0 saturated heterocycles. The molecule has 2 heterocycles. The van der Waals surface area contributed by atoms with Crippen LogP contribution < -0.4 is 16.2 Å². The van der Waals surface area contributed by atoms with Crippen LogP contribution in [0.15, 0.2) is 47.3 Å². The van der Waals surface area contributed by atoms with Gasteiger partial charge in [-0.05, 0) is 81.0 Å². The summed E-state index contributed by atoms with van der Waals surface area (Å²) in [5.74, 6) is 0.284. The lowest BCUT2D eigenvalue weighted by Gasteiger charge is -2.35. The van der Waals surface area contributed by atoms with E-state index in [1.165, 1.54) is 4.57 Å². The Balaban J connectivity index is 1.56. The molecule has 0 unspecified atom stereocenters. The first kappa shape index (κ1) is 28.1. The fourth-order valence-electron chi connectivity index (χ4n) is 5.20. The Bertz CT molecular complexity index is 1500. The van der Waals surface area contributed by atoms with Crippen molar-refractivity contribution in [2.45, 2.75) is 51.2 Å². The van der Waals surface area contributed by atoms with Gasteiger partial charge in [0.1, 0.15) is 0 Å². The predicted molar refractivity (Wildman–Crippen MR) is 155 cm³/mol. The van der Waals surface area contributed by atoms with Crippen LogP contribution in [0.3, 0.4) is 0 Å². The summed E-state index contributed by atoms with van der Waals surface area (Å²) in [7, 11) is 1.56. The van der Waals surface area contributed by atoms with E-state index in [1.807, 2.05) is 6.92 Å². The maximum absolute atomic E-state index is 14.0. The van der Waals surface area contributed by atoms with Gasteiger partial charge in [0.25, 0.3) is 17.4 Å². The Morgan fingerprint density at radius 1 is 1.10 bits per heavy atom. The number of carbonyl (C=O) groups excluding carboxylic acids is 2. The van der Waals surface area contributed by atoms with Gasteiger partial charge in [-0.3, -0.25) is 14.4 Å². The molecule has 0 radical (unpaired) electrons. The number of hydrogen-bond donors (Lipinski definition) is 3. The van der Waals surface area contributed by atoms with E-state index in [1.54, 1.807) is 54.4 Å². The van der Waals surface area contributed by atoms with Gasteiger partial charge in [0.05, 0.1) is 28.0 Å². The highest BCUT2D eigenvalue weighted by Gasteiger charge is 2.35. The van der Waals surface area contributed by atoms with Gasteiger partial charge in [-0.1, -0.05) is 23.2 Å². The number of rotatable bonds is 8. The Morgan fingerprint density at radius 3 is 2.42 bits per heavy atom. The summed E-state index contributed by atoms with van der Waals surface area (Å²) in [6.07, 6.45) is 2.92. The zero-order valence-electron chi connectivity index (χ0n) is 22.3. The number of amides is 2. The zero-order valence-corrected chi connectivity index (χ0v) is 23.8. The molecule has 210 valence electrons. The highest BCUT2D eigenvalue weighted by atomic mass is 35.5. The maximum Gasteiger partial charge on any atom is 0.263 e. The number of nitrogens with zero attached hydrogens (tertiary/aromatic N) is 3. The van der Waals surface area contributed by atoms with Crippen molar-refractivity contribution < 1.29 is 14.7 Å². The van der Waals surface area contributed by atoms with Gasteiger partial charge in [0.15, 0.2) is 0 Å². The third-order valence-electron chi connectivity index (χ3n) is 7.60. The van der Waals surface area contributed by atoms with Crippen molar-refractivity contribution >= 4 is 41.0 Å². The maximum atomic E-state index is 14.0.